The molecule has 21 heavy (non-hydrogen) atoms. The summed E-state index contributed by atoms with van der Waals surface area (Å²) in [5.74, 6) is -2.34. The first-order chi connectivity index (χ1) is 9.88. The minimum Gasteiger partial charge on any atom is -0.330 e. The van der Waals surface area contributed by atoms with E-state index in [0.717, 1.165) is 12.1 Å². The van der Waals surface area contributed by atoms with Crippen molar-refractivity contribution in [2.75, 3.05) is 0 Å². The Labute approximate surface area is 131 Å². The molecule has 0 radical (unpaired) electrons. The van der Waals surface area contributed by atoms with Crippen LogP contribution in [0.2, 0.25) is 10.0 Å². The number of imidazole rings is 1. The van der Waals surface area contributed by atoms with E-state index in [1.54, 1.807) is 0 Å². The second-order valence-corrected chi connectivity index (χ2v) is 5.47. The van der Waals surface area contributed by atoms with Gasteiger partial charge in [-0.1, -0.05) is 23.2 Å². The molecular weight excluding hydrogens is 344 g/mol. The van der Waals surface area contributed by atoms with Crippen LogP contribution in [-0.4, -0.2) is 9.55 Å². The van der Waals surface area contributed by atoms with E-state index in [4.69, 9.17) is 35.4 Å². The van der Waals surface area contributed by atoms with E-state index in [2.05, 4.69) is 4.98 Å². The van der Waals surface area contributed by atoms with Crippen molar-refractivity contribution in [1.29, 1.82) is 0 Å². The van der Waals surface area contributed by atoms with Crippen molar-refractivity contribution in [2.45, 2.75) is 0 Å². The van der Waals surface area contributed by atoms with E-state index >= 15 is 0 Å². The predicted octanol–water partition coefficient (Wildman–Crippen LogP) is 5.41. The number of H-pyrrole nitrogens is 1. The lowest BCUT2D eigenvalue weighted by Gasteiger charge is -2.09. The summed E-state index contributed by atoms with van der Waals surface area (Å²) in [4.78, 5) is 2.72. The topological polar surface area (TPSA) is 20.7 Å². The molecule has 8 heteroatoms. The number of benzene rings is 2. The maximum Gasteiger partial charge on any atom is 0.182 e. The summed E-state index contributed by atoms with van der Waals surface area (Å²) in [6, 6.07) is 4.08. The van der Waals surface area contributed by atoms with Crippen molar-refractivity contribution in [3.05, 3.63) is 56.5 Å². The highest BCUT2D eigenvalue weighted by Gasteiger charge is 2.17. The van der Waals surface area contributed by atoms with Gasteiger partial charge in [-0.05, 0) is 24.4 Å². The number of halogens is 5. The molecule has 0 fully saturated rings. The van der Waals surface area contributed by atoms with Gasteiger partial charge in [0.2, 0.25) is 0 Å². The van der Waals surface area contributed by atoms with Gasteiger partial charge in [-0.15, -0.1) is 0 Å². The molecule has 0 atom stereocenters. The second kappa shape index (κ2) is 5.05. The Morgan fingerprint density at radius 1 is 0.952 bits per heavy atom. The maximum absolute atomic E-state index is 14.0. The van der Waals surface area contributed by atoms with Crippen LogP contribution in [0.15, 0.2) is 24.3 Å². The Morgan fingerprint density at radius 2 is 1.67 bits per heavy atom. The third-order valence-electron chi connectivity index (χ3n) is 2.93. The molecule has 0 aliphatic carbocycles. The summed E-state index contributed by atoms with van der Waals surface area (Å²) in [5, 5.41) is -0.311. The van der Waals surface area contributed by atoms with Gasteiger partial charge in [-0.3, -0.25) is 4.57 Å². The zero-order chi connectivity index (χ0) is 15.3. The molecule has 0 bridgehead atoms. The fraction of sp³-hybridized carbons (Fsp3) is 0. The molecule has 0 spiro atoms. The van der Waals surface area contributed by atoms with Gasteiger partial charge in [0.05, 0.1) is 21.1 Å². The molecule has 1 heterocycles. The Bertz CT molecular complexity index is 910. The summed E-state index contributed by atoms with van der Waals surface area (Å²) in [7, 11) is 0. The molecule has 0 saturated carbocycles. The number of nitrogens with one attached hydrogen (secondary N) is 1. The largest absolute Gasteiger partial charge is 0.330 e. The first-order valence-corrected chi connectivity index (χ1v) is 6.79. The molecule has 0 unspecified atom stereocenters. The van der Waals surface area contributed by atoms with Gasteiger partial charge in [0.25, 0.3) is 0 Å². The van der Waals surface area contributed by atoms with Crippen LogP contribution in [0.4, 0.5) is 13.2 Å². The summed E-state index contributed by atoms with van der Waals surface area (Å²) >= 11 is 16.7. The molecule has 2 aromatic carbocycles. The fourth-order valence-corrected chi connectivity index (χ4v) is 2.81. The Kier molecular flexibility index (Phi) is 3.47. The normalized spacial score (nSPS) is 11.3. The van der Waals surface area contributed by atoms with Crippen molar-refractivity contribution in [1.82, 2.24) is 9.55 Å². The monoisotopic (exact) mass is 348 g/mol. The van der Waals surface area contributed by atoms with Crippen LogP contribution in [0.25, 0.3) is 16.7 Å². The van der Waals surface area contributed by atoms with Gasteiger partial charge in [0, 0.05) is 12.1 Å². The van der Waals surface area contributed by atoms with Crippen LogP contribution in [0, 0.1) is 22.2 Å². The van der Waals surface area contributed by atoms with E-state index in [9.17, 15) is 13.2 Å². The van der Waals surface area contributed by atoms with Gasteiger partial charge >= 0.3 is 0 Å². The van der Waals surface area contributed by atoms with E-state index in [1.165, 1.54) is 10.6 Å². The van der Waals surface area contributed by atoms with Crippen molar-refractivity contribution >= 4 is 46.5 Å². The quantitative estimate of drug-likeness (QED) is 0.583. The average Bonchev–Trinajstić information content (AvgIpc) is 2.66. The standard InChI is InChI=1S/C13H5Cl2F3N2S/c14-6-3-11-10(4-8(6)17)19-13(21)20(11)12-7(15)1-5(16)2-9(12)18/h1-4H,(H,19,21). The van der Waals surface area contributed by atoms with Crippen LogP contribution < -0.4 is 0 Å². The molecule has 0 aliphatic rings. The summed E-state index contributed by atoms with van der Waals surface area (Å²) < 4.78 is 42.0. The third-order valence-corrected chi connectivity index (χ3v) is 3.79. The third kappa shape index (κ3) is 2.33. The van der Waals surface area contributed by atoms with E-state index in [1.807, 2.05) is 0 Å². The predicted molar refractivity (Wildman–Crippen MR) is 78.4 cm³/mol. The molecule has 3 aromatic rings. The average molecular weight is 349 g/mol. The van der Waals surface area contributed by atoms with Gasteiger partial charge in [-0.2, -0.15) is 0 Å². The lowest BCUT2D eigenvalue weighted by molar-refractivity contribution is 0.578. The molecule has 1 N–H and O–H groups in total. The zero-order valence-corrected chi connectivity index (χ0v) is 12.4. The molecule has 2 nitrogen and oxygen atoms in total. The number of hydrogen-bond acceptors (Lipinski definition) is 1. The summed E-state index contributed by atoms with van der Waals surface area (Å²) in [6.45, 7) is 0. The smallest absolute Gasteiger partial charge is 0.182 e. The molecule has 1 aromatic heterocycles. The van der Waals surface area contributed by atoms with E-state index < -0.39 is 17.5 Å². The minimum absolute atomic E-state index is 0.0825. The molecule has 3 rings (SSSR count). The number of aromatic nitrogens is 2. The van der Waals surface area contributed by atoms with Crippen molar-refractivity contribution in [3.8, 4) is 5.69 Å². The van der Waals surface area contributed by atoms with E-state index in [-0.39, 0.29) is 20.5 Å². The molecule has 0 aliphatic heterocycles. The van der Waals surface area contributed by atoms with Gasteiger partial charge in [0.1, 0.15) is 17.3 Å². The lowest BCUT2D eigenvalue weighted by Crippen LogP contribution is -2.00. The van der Waals surface area contributed by atoms with Crippen molar-refractivity contribution in [3.63, 3.8) is 0 Å². The SMILES string of the molecule is Fc1cc(F)c(-n2c(=S)[nH]c3cc(F)c(Cl)cc32)c(Cl)c1. The zero-order valence-electron chi connectivity index (χ0n) is 10.1. The summed E-state index contributed by atoms with van der Waals surface area (Å²) in [6.07, 6.45) is 0. The molecule has 108 valence electrons. The number of hydrogen-bond donors (Lipinski definition) is 1. The van der Waals surface area contributed by atoms with Crippen molar-refractivity contribution < 1.29 is 13.2 Å². The second-order valence-electron chi connectivity index (χ2n) is 4.27. The Hall–Kier alpha value is -1.50. The highest BCUT2D eigenvalue weighted by molar-refractivity contribution is 7.71. The highest BCUT2D eigenvalue weighted by Crippen LogP contribution is 2.30. The lowest BCUT2D eigenvalue weighted by atomic mass is 10.2. The summed E-state index contributed by atoms with van der Waals surface area (Å²) in [5.41, 5.74) is 0.525. The van der Waals surface area contributed by atoms with Crippen molar-refractivity contribution in [2.24, 2.45) is 0 Å². The van der Waals surface area contributed by atoms with E-state index in [0.29, 0.717) is 17.1 Å². The van der Waals surface area contributed by atoms with Gasteiger partial charge in [-0.25, -0.2) is 13.2 Å². The van der Waals surface area contributed by atoms with Crippen LogP contribution in [0.3, 0.4) is 0 Å². The fourth-order valence-electron chi connectivity index (χ4n) is 2.07. The number of nitrogens with zero attached hydrogens (tertiary/aromatic N) is 1. The van der Waals surface area contributed by atoms with Crippen LogP contribution in [0.1, 0.15) is 0 Å². The maximum atomic E-state index is 14.0. The highest BCUT2D eigenvalue weighted by atomic mass is 35.5. The first-order valence-electron chi connectivity index (χ1n) is 5.63. The molecule has 0 saturated heterocycles. The molecule has 0 amide bonds. The molecular formula is C13H5Cl2F3N2S. The van der Waals surface area contributed by atoms with Crippen LogP contribution >= 0.6 is 35.4 Å². The van der Waals surface area contributed by atoms with Crippen LogP contribution in [0.5, 0.6) is 0 Å². The van der Waals surface area contributed by atoms with Crippen LogP contribution in [-0.2, 0) is 0 Å². The first kappa shape index (κ1) is 14.4. The Balaban J connectivity index is 2.44. The number of aromatic amines is 1. The Morgan fingerprint density at radius 3 is 2.33 bits per heavy atom. The minimum atomic E-state index is -0.891. The number of fused-ring (bicyclic) bond motifs is 1. The van der Waals surface area contributed by atoms with Gasteiger partial charge < -0.3 is 4.98 Å². The number of rotatable bonds is 1. The van der Waals surface area contributed by atoms with Gasteiger partial charge in [0.15, 0.2) is 10.6 Å².